The molecule has 1 amide bonds. The number of carbonyl (C=O) groups excluding carboxylic acids is 1. The van der Waals surface area contributed by atoms with Crippen LogP contribution in [0.4, 0.5) is 22.4 Å². The number of benzene rings is 1. The highest BCUT2D eigenvalue weighted by molar-refractivity contribution is 5.68. The summed E-state index contributed by atoms with van der Waals surface area (Å²) >= 11 is 0. The number of hydrogen-bond acceptors (Lipinski definition) is 4. The highest BCUT2D eigenvalue weighted by Crippen LogP contribution is 2.31. The molecule has 0 aliphatic rings. The number of hydrogen-bond donors (Lipinski definition) is 2. The molecule has 1 rings (SSSR count). The van der Waals surface area contributed by atoms with Crippen LogP contribution in [-0.4, -0.2) is 28.8 Å². The number of nitrogens with one attached hydrogen (secondary N) is 1. The van der Waals surface area contributed by atoms with Crippen LogP contribution in [0.15, 0.2) is 18.2 Å². The Kier molecular flexibility index (Phi) is 5.94. The zero-order chi connectivity index (χ0) is 19.6. The van der Waals surface area contributed by atoms with E-state index in [1.54, 1.807) is 20.8 Å². The van der Waals surface area contributed by atoms with Gasteiger partial charge in [0, 0.05) is 0 Å². The zero-order valence-corrected chi connectivity index (χ0v) is 14.5. The molecule has 0 saturated carbocycles. The molecule has 0 aromatic heterocycles. The third kappa shape index (κ3) is 7.16. The Morgan fingerprint density at radius 1 is 1.16 bits per heavy atom. The largest absolute Gasteiger partial charge is 0.573 e. The van der Waals surface area contributed by atoms with Crippen LogP contribution in [0.25, 0.3) is 0 Å². The summed E-state index contributed by atoms with van der Waals surface area (Å²) in [4.78, 5) is 11.9. The summed E-state index contributed by atoms with van der Waals surface area (Å²) in [7, 11) is 0. The average Bonchev–Trinajstić information content (AvgIpc) is 2.33. The number of alkyl carbamates (subject to hydrolysis) is 1. The first-order chi connectivity index (χ1) is 11.1. The van der Waals surface area contributed by atoms with Gasteiger partial charge in [0.15, 0.2) is 11.6 Å². The molecule has 0 spiro atoms. The number of ether oxygens (including phenoxy) is 2. The molecule has 1 aromatic rings. The molecule has 0 aliphatic heterocycles. The van der Waals surface area contributed by atoms with Crippen molar-refractivity contribution in [3.8, 4) is 5.75 Å². The Labute approximate surface area is 142 Å². The van der Waals surface area contributed by atoms with Crippen LogP contribution in [0, 0.1) is 5.82 Å². The van der Waals surface area contributed by atoms with Crippen LogP contribution in [-0.2, 0) is 4.74 Å². The molecule has 0 aliphatic carbocycles. The minimum atomic E-state index is -5.03. The van der Waals surface area contributed by atoms with E-state index in [2.05, 4.69) is 10.1 Å². The molecule has 0 heterocycles. The summed E-state index contributed by atoms with van der Waals surface area (Å²) in [6.07, 6.45) is -5.90. The minimum absolute atomic E-state index is 0.0467. The van der Waals surface area contributed by atoms with Crippen molar-refractivity contribution in [1.29, 1.82) is 0 Å². The summed E-state index contributed by atoms with van der Waals surface area (Å²) in [5, 5.41) is 12.6. The van der Waals surface area contributed by atoms with E-state index in [4.69, 9.17) is 4.74 Å². The van der Waals surface area contributed by atoms with Crippen molar-refractivity contribution in [1.82, 2.24) is 5.32 Å². The first-order valence-corrected chi connectivity index (χ1v) is 7.35. The van der Waals surface area contributed by atoms with E-state index in [9.17, 15) is 27.5 Å². The highest BCUT2D eigenvalue weighted by atomic mass is 19.4. The highest BCUT2D eigenvalue weighted by Gasteiger charge is 2.34. The second kappa shape index (κ2) is 7.07. The quantitative estimate of drug-likeness (QED) is 0.788. The number of alkyl halides is 3. The first kappa shape index (κ1) is 21.0. The number of aliphatic hydroxyl groups is 1. The van der Waals surface area contributed by atoms with Crippen molar-refractivity contribution in [2.45, 2.75) is 58.2 Å². The normalized spacial score (nSPS) is 14.0. The standard InChI is InChI=1S/C16H21F4NO4/c1-14(2,3)25-13(22)21-12(15(4,5)23)9-6-7-11(10(17)8-9)24-16(18,19)20/h6-8,12,23H,1-5H3,(H,21,22)/t12-/m0/s1. The maximum absolute atomic E-state index is 13.9. The zero-order valence-electron chi connectivity index (χ0n) is 14.5. The molecule has 5 nitrogen and oxygen atoms in total. The van der Waals surface area contributed by atoms with Crippen molar-refractivity contribution >= 4 is 6.09 Å². The van der Waals surface area contributed by atoms with E-state index in [1.807, 2.05) is 0 Å². The summed E-state index contributed by atoms with van der Waals surface area (Å²) in [5.41, 5.74) is -2.30. The summed E-state index contributed by atoms with van der Waals surface area (Å²) in [5.74, 6) is -2.29. The molecule has 0 fully saturated rings. The van der Waals surface area contributed by atoms with E-state index in [0.29, 0.717) is 0 Å². The third-order valence-corrected chi connectivity index (χ3v) is 2.88. The first-order valence-electron chi connectivity index (χ1n) is 7.35. The van der Waals surface area contributed by atoms with Crippen molar-refractivity contribution < 1.29 is 36.9 Å². The number of rotatable bonds is 4. The van der Waals surface area contributed by atoms with Gasteiger partial charge < -0.3 is 19.9 Å². The summed E-state index contributed by atoms with van der Waals surface area (Å²) in [6, 6.07) is 1.51. The Morgan fingerprint density at radius 2 is 1.72 bits per heavy atom. The van der Waals surface area contributed by atoms with Crippen molar-refractivity contribution in [2.24, 2.45) is 0 Å². The molecular formula is C16H21F4NO4. The lowest BCUT2D eigenvalue weighted by molar-refractivity contribution is -0.275. The van der Waals surface area contributed by atoms with Gasteiger partial charge in [-0.15, -0.1) is 13.2 Å². The Morgan fingerprint density at radius 3 is 2.12 bits per heavy atom. The van der Waals surface area contributed by atoms with Gasteiger partial charge in [0.1, 0.15) is 5.60 Å². The summed E-state index contributed by atoms with van der Waals surface area (Å²) < 4.78 is 59.1. The fourth-order valence-corrected chi connectivity index (χ4v) is 2.00. The Bertz CT molecular complexity index is 618. The Balaban J connectivity index is 3.09. The fourth-order valence-electron chi connectivity index (χ4n) is 2.00. The average molecular weight is 367 g/mol. The van der Waals surface area contributed by atoms with Gasteiger partial charge in [0.25, 0.3) is 0 Å². The molecular weight excluding hydrogens is 346 g/mol. The van der Waals surface area contributed by atoms with E-state index in [-0.39, 0.29) is 5.56 Å². The van der Waals surface area contributed by atoms with Crippen molar-refractivity contribution in [3.05, 3.63) is 29.6 Å². The molecule has 1 atom stereocenters. The Hall–Kier alpha value is -2.03. The van der Waals surface area contributed by atoms with Gasteiger partial charge in [-0.3, -0.25) is 0 Å². The number of amides is 1. The lowest BCUT2D eigenvalue weighted by Gasteiger charge is -2.31. The molecule has 0 bridgehead atoms. The monoisotopic (exact) mass is 367 g/mol. The van der Waals surface area contributed by atoms with Gasteiger partial charge >= 0.3 is 12.5 Å². The fraction of sp³-hybridized carbons (Fsp3) is 0.562. The van der Waals surface area contributed by atoms with Crippen LogP contribution in [0.2, 0.25) is 0 Å². The van der Waals surface area contributed by atoms with Gasteiger partial charge in [0.2, 0.25) is 0 Å². The van der Waals surface area contributed by atoms with Crippen LogP contribution < -0.4 is 10.1 Å². The van der Waals surface area contributed by atoms with Crippen LogP contribution >= 0.6 is 0 Å². The van der Waals surface area contributed by atoms with E-state index >= 15 is 0 Å². The lowest BCUT2D eigenvalue weighted by Crippen LogP contribution is -2.44. The molecule has 1 aromatic carbocycles. The van der Waals surface area contributed by atoms with Gasteiger partial charge in [0.05, 0.1) is 11.6 Å². The second-order valence-electron chi connectivity index (χ2n) is 6.97. The molecule has 142 valence electrons. The van der Waals surface area contributed by atoms with Gasteiger partial charge in [-0.25, -0.2) is 9.18 Å². The van der Waals surface area contributed by atoms with Gasteiger partial charge in [-0.05, 0) is 52.3 Å². The maximum atomic E-state index is 13.9. The maximum Gasteiger partial charge on any atom is 0.573 e. The molecule has 0 unspecified atom stereocenters. The molecule has 25 heavy (non-hydrogen) atoms. The van der Waals surface area contributed by atoms with Gasteiger partial charge in [-0.2, -0.15) is 0 Å². The predicted molar refractivity (Wildman–Crippen MR) is 81.5 cm³/mol. The van der Waals surface area contributed by atoms with Gasteiger partial charge in [-0.1, -0.05) is 6.07 Å². The minimum Gasteiger partial charge on any atom is -0.444 e. The van der Waals surface area contributed by atoms with Crippen LogP contribution in [0.3, 0.4) is 0 Å². The molecule has 0 saturated heterocycles. The molecule has 2 N–H and O–H groups in total. The lowest BCUT2D eigenvalue weighted by atomic mass is 9.92. The summed E-state index contributed by atoms with van der Waals surface area (Å²) in [6.45, 7) is 7.61. The molecule has 9 heteroatoms. The van der Waals surface area contributed by atoms with E-state index in [0.717, 1.165) is 18.2 Å². The van der Waals surface area contributed by atoms with Crippen molar-refractivity contribution in [3.63, 3.8) is 0 Å². The predicted octanol–water partition coefficient (Wildman–Crippen LogP) is 4.06. The SMILES string of the molecule is CC(C)(C)OC(=O)N[C@@H](c1ccc(OC(F)(F)F)c(F)c1)C(C)(C)O. The van der Waals surface area contributed by atoms with E-state index < -0.39 is 41.3 Å². The second-order valence-corrected chi connectivity index (χ2v) is 6.97. The molecule has 0 radical (unpaired) electrons. The smallest absolute Gasteiger partial charge is 0.444 e. The number of carbonyl (C=O) groups is 1. The van der Waals surface area contributed by atoms with Crippen LogP contribution in [0.5, 0.6) is 5.75 Å². The van der Waals surface area contributed by atoms with Crippen molar-refractivity contribution in [2.75, 3.05) is 0 Å². The third-order valence-electron chi connectivity index (χ3n) is 2.88. The number of halogens is 4. The van der Waals surface area contributed by atoms with Crippen LogP contribution in [0.1, 0.15) is 46.2 Å². The van der Waals surface area contributed by atoms with E-state index in [1.165, 1.54) is 13.8 Å². The topological polar surface area (TPSA) is 67.8 Å².